The predicted molar refractivity (Wildman–Crippen MR) is 151 cm³/mol. The van der Waals surface area contributed by atoms with Crippen LogP contribution in [0.3, 0.4) is 0 Å². The van der Waals surface area contributed by atoms with Crippen LogP contribution in [0, 0.1) is 20.6 Å². The van der Waals surface area contributed by atoms with Crippen molar-refractivity contribution in [2.75, 3.05) is 0 Å². The van der Waals surface area contributed by atoms with Crippen molar-refractivity contribution in [3.8, 4) is 11.3 Å². The van der Waals surface area contributed by atoms with E-state index in [0.717, 1.165) is 31.9 Å². The van der Waals surface area contributed by atoms with Gasteiger partial charge in [-0.3, -0.25) is 0 Å². The van der Waals surface area contributed by atoms with Crippen LogP contribution in [0.2, 0.25) is 41.4 Å². The standard InChI is InChI=1S/C29H33F6GeNOSi/c1-17-12-18(2)25-22(13-17)20-10-9-11-21(26(20)38-25)24-14-23(19(3)15-37-24)36(4,5)16-27(28(30,31)32,29(33,34)35)39(6,7)8/h9-15H,16H2,1-8H3/i1D3,2D3,3D3. The molecule has 0 aliphatic rings. The molecular formula is C29H33F6GeNOSi. The van der Waals surface area contributed by atoms with Crippen LogP contribution in [0.15, 0.2) is 47.0 Å². The first-order chi connectivity index (χ1) is 21.3. The van der Waals surface area contributed by atoms with Gasteiger partial charge in [-0.1, -0.05) is 0 Å². The molecule has 0 saturated carbocycles. The second kappa shape index (κ2) is 9.39. The Morgan fingerprint density at radius 3 is 2.10 bits per heavy atom. The van der Waals surface area contributed by atoms with E-state index in [2.05, 4.69) is 4.98 Å². The van der Waals surface area contributed by atoms with E-state index in [0.29, 0.717) is 0 Å². The zero-order chi connectivity index (χ0) is 36.8. The molecule has 2 heterocycles. The Morgan fingerprint density at radius 1 is 0.872 bits per heavy atom. The van der Waals surface area contributed by atoms with Crippen LogP contribution in [0.5, 0.6) is 0 Å². The fourth-order valence-corrected chi connectivity index (χ4v) is 20.2. The Kier molecular flexibility index (Phi) is 4.76. The first kappa shape index (κ1) is 19.7. The SMILES string of the molecule is [2H]C([2H])([2H])c1cc(C([2H])([2H])[2H])c2oc3c(-c4c[c]([Ge]([CH3])([CH3])[CH2]C(C(F)(F)F)(C(F)(F)F)[Si](C)(C)C)c(C([2H])([2H])[2H])cn4)cccc3c2c1. The number of rotatable bonds is 5. The molecule has 2 aromatic heterocycles. The molecule has 0 aliphatic carbocycles. The molecule has 0 amide bonds. The molecule has 0 aliphatic heterocycles. The molecule has 4 rings (SSSR count). The number of nitrogens with zero attached hydrogens (tertiary/aromatic N) is 1. The van der Waals surface area contributed by atoms with Gasteiger partial charge in [0.05, 0.1) is 0 Å². The Labute approximate surface area is 240 Å². The topological polar surface area (TPSA) is 26.0 Å². The number of halogens is 6. The summed E-state index contributed by atoms with van der Waals surface area (Å²) in [4.78, 5) is 4.25. The summed E-state index contributed by atoms with van der Waals surface area (Å²) in [7, 11) is -4.15. The first-order valence-corrected chi connectivity index (χ1v) is 22.2. The Balaban J connectivity index is 2.06. The van der Waals surface area contributed by atoms with Crippen molar-refractivity contribution >= 4 is 47.7 Å². The van der Waals surface area contributed by atoms with Crippen LogP contribution in [-0.4, -0.2) is 38.7 Å². The number of fused-ring (bicyclic) bond motifs is 3. The second-order valence-corrected chi connectivity index (χ2v) is 26.6. The molecule has 0 spiro atoms. The van der Waals surface area contributed by atoms with Gasteiger partial charge in [-0.25, -0.2) is 0 Å². The van der Waals surface area contributed by atoms with Gasteiger partial charge in [0.2, 0.25) is 0 Å². The minimum absolute atomic E-state index is 0.0214. The fourth-order valence-electron chi connectivity index (χ4n) is 5.50. The molecule has 0 radical (unpaired) electrons. The number of furan rings is 1. The number of aryl methyl sites for hydroxylation is 3. The van der Waals surface area contributed by atoms with E-state index in [4.69, 9.17) is 16.8 Å². The van der Waals surface area contributed by atoms with Crippen LogP contribution >= 0.6 is 0 Å². The molecule has 2 aromatic carbocycles. The molecule has 10 heteroatoms. The number of hydrogen-bond acceptors (Lipinski definition) is 2. The molecule has 0 fully saturated rings. The van der Waals surface area contributed by atoms with Crippen LogP contribution < -0.4 is 4.40 Å². The zero-order valence-corrected chi connectivity index (χ0v) is 25.0. The summed E-state index contributed by atoms with van der Waals surface area (Å²) in [5.74, 6) is 2.64. The number of para-hydroxylation sites is 1. The van der Waals surface area contributed by atoms with Gasteiger partial charge in [0.25, 0.3) is 0 Å². The van der Waals surface area contributed by atoms with Gasteiger partial charge in [-0.05, 0) is 0 Å². The van der Waals surface area contributed by atoms with Crippen molar-refractivity contribution in [1.82, 2.24) is 4.98 Å². The number of aromatic nitrogens is 1. The molecule has 0 unspecified atom stereocenters. The van der Waals surface area contributed by atoms with Crippen molar-refractivity contribution in [3.05, 3.63) is 59.3 Å². The van der Waals surface area contributed by atoms with Crippen molar-refractivity contribution in [2.45, 2.75) is 74.4 Å². The molecule has 0 saturated heterocycles. The van der Waals surface area contributed by atoms with Crippen LogP contribution in [0.4, 0.5) is 26.3 Å². The Morgan fingerprint density at radius 2 is 1.54 bits per heavy atom. The number of hydrogen-bond donors (Lipinski definition) is 0. The summed E-state index contributed by atoms with van der Waals surface area (Å²) >= 11 is -4.69. The Bertz CT molecular complexity index is 1830. The van der Waals surface area contributed by atoms with E-state index in [1.54, 1.807) is 0 Å². The van der Waals surface area contributed by atoms with Crippen LogP contribution in [0.1, 0.15) is 29.0 Å². The van der Waals surface area contributed by atoms with Crippen molar-refractivity contribution in [1.29, 1.82) is 0 Å². The van der Waals surface area contributed by atoms with Crippen molar-refractivity contribution < 1.29 is 43.1 Å². The van der Waals surface area contributed by atoms with E-state index in [1.165, 1.54) is 41.8 Å². The van der Waals surface area contributed by atoms with Gasteiger partial charge < -0.3 is 0 Å². The van der Waals surface area contributed by atoms with E-state index < -0.39 is 70.1 Å². The number of alkyl halides is 6. The minimum atomic E-state index is -5.66. The van der Waals surface area contributed by atoms with Gasteiger partial charge >= 0.3 is 241 Å². The summed E-state index contributed by atoms with van der Waals surface area (Å²) in [6, 6.07) is 8.01. The summed E-state index contributed by atoms with van der Waals surface area (Å²) in [6.45, 7) is -5.38. The summed E-state index contributed by atoms with van der Waals surface area (Å²) < 4.78 is 166. The van der Waals surface area contributed by atoms with Crippen molar-refractivity contribution in [3.63, 3.8) is 0 Å². The van der Waals surface area contributed by atoms with Gasteiger partial charge in [0, 0.05) is 0 Å². The van der Waals surface area contributed by atoms with Crippen LogP contribution in [0.25, 0.3) is 33.2 Å². The quantitative estimate of drug-likeness (QED) is 0.161. The fraction of sp³-hybridized carbons (Fsp3) is 0.414. The molecule has 2 nitrogen and oxygen atoms in total. The molecule has 0 atom stereocenters. The van der Waals surface area contributed by atoms with Gasteiger partial charge in [-0.2, -0.15) is 0 Å². The maximum absolute atomic E-state index is 14.7. The average Bonchev–Trinajstić information content (AvgIpc) is 3.26. The molecular weight excluding hydrogens is 593 g/mol. The van der Waals surface area contributed by atoms with Gasteiger partial charge in [0.15, 0.2) is 0 Å². The average molecular weight is 635 g/mol. The Hall–Kier alpha value is -2.27. The van der Waals surface area contributed by atoms with Crippen molar-refractivity contribution in [2.24, 2.45) is 0 Å². The van der Waals surface area contributed by atoms with Gasteiger partial charge in [-0.15, -0.1) is 0 Å². The van der Waals surface area contributed by atoms with Crippen LogP contribution in [-0.2, 0) is 0 Å². The third-order valence-corrected chi connectivity index (χ3v) is 18.4. The molecule has 210 valence electrons. The van der Waals surface area contributed by atoms with E-state index in [1.807, 2.05) is 0 Å². The molecule has 39 heavy (non-hydrogen) atoms. The third kappa shape index (κ3) is 4.83. The molecule has 0 bridgehead atoms. The normalized spacial score (nSPS) is 18.4. The number of pyridine rings is 1. The third-order valence-electron chi connectivity index (χ3n) is 7.46. The summed E-state index contributed by atoms with van der Waals surface area (Å²) in [6.07, 6.45) is -10.4. The molecule has 4 aromatic rings. The summed E-state index contributed by atoms with van der Waals surface area (Å²) in [5, 5.41) is -4.91. The first-order valence-electron chi connectivity index (χ1n) is 16.5. The maximum atomic E-state index is 14.7. The summed E-state index contributed by atoms with van der Waals surface area (Å²) in [5.41, 5.74) is -1.08. The molecule has 0 N–H and O–H groups in total. The zero-order valence-electron chi connectivity index (χ0n) is 30.9. The van der Waals surface area contributed by atoms with E-state index >= 15 is 0 Å². The van der Waals surface area contributed by atoms with E-state index in [9.17, 15) is 26.3 Å². The monoisotopic (exact) mass is 636 g/mol. The van der Waals surface area contributed by atoms with Gasteiger partial charge in [0.1, 0.15) is 0 Å². The number of benzene rings is 2. The second-order valence-electron chi connectivity index (χ2n) is 11.5. The predicted octanol–water partition coefficient (Wildman–Crippen LogP) is 9.69. The van der Waals surface area contributed by atoms with E-state index in [-0.39, 0.29) is 48.7 Å².